The molecule has 1 saturated heterocycles. The molecule has 1 aliphatic rings. The van der Waals surface area contributed by atoms with Crippen molar-refractivity contribution in [3.05, 3.63) is 29.6 Å². The fourth-order valence-corrected chi connectivity index (χ4v) is 2.15. The molecule has 1 aliphatic heterocycles. The number of nitrogens with zero attached hydrogens (tertiary/aromatic N) is 1. The van der Waals surface area contributed by atoms with Crippen molar-refractivity contribution in [3.8, 4) is 0 Å². The Hall–Kier alpha value is -1.46. The second-order valence-electron chi connectivity index (χ2n) is 4.31. The van der Waals surface area contributed by atoms with E-state index in [9.17, 15) is 9.18 Å². The molecule has 1 N–H and O–H groups in total. The molecule has 4 nitrogen and oxygen atoms in total. The van der Waals surface area contributed by atoms with Crippen LogP contribution in [-0.4, -0.2) is 43.3 Å². The van der Waals surface area contributed by atoms with E-state index in [1.165, 1.54) is 19.1 Å². The van der Waals surface area contributed by atoms with Crippen molar-refractivity contribution in [2.24, 2.45) is 0 Å². The number of carbonyl (C=O) groups is 1. The Kier molecular flexibility index (Phi) is 3.93. The van der Waals surface area contributed by atoms with Gasteiger partial charge in [0.25, 0.3) is 0 Å². The highest BCUT2D eigenvalue weighted by Gasteiger charge is 2.25. The quantitative estimate of drug-likeness (QED) is 0.823. The molecule has 0 spiro atoms. The van der Waals surface area contributed by atoms with Gasteiger partial charge in [-0.05, 0) is 19.1 Å². The summed E-state index contributed by atoms with van der Waals surface area (Å²) in [6, 6.07) is 4.48. The molecule has 0 radical (unpaired) electrons. The van der Waals surface area contributed by atoms with E-state index in [2.05, 4.69) is 0 Å². The number of benzene rings is 1. The average molecular weight is 253 g/mol. The van der Waals surface area contributed by atoms with Crippen molar-refractivity contribution in [2.45, 2.75) is 13.0 Å². The molecule has 0 aliphatic carbocycles. The van der Waals surface area contributed by atoms with Gasteiger partial charge in [0.2, 0.25) is 0 Å². The molecule has 98 valence electrons. The summed E-state index contributed by atoms with van der Waals surface area (Å²) in [5.74, 6) is -0.585. The fraction of sp³-hybridized carbons (Fsp3) is 0.462. The lowest BCUT2D eigenvalue weighted by Gasteiger charge is -2.34. The molecule has 0 saturated carbocycles. The van der Waals surface area contributed by atoms with Gasteiger partial charge < -0.3 is 14.7 Å². The van der Waals surface area contributed by atoms with Crippen LogP contribution in [0.4, 0.5) is 10.1 Å². The number of halogens is 1. The zero-order chi connectivity index (χ0) is 13.1. The van der Waals surface area contributed by atoms with Gasteiger partial charge in [0.05, 0.1) is 25.0 Å². The lowest BCUT2D eigenvalue weighted by molar-refractivity contribution is 0.00337. The summed E-state index contributed by atoms with van der Waals surface area (Å²) in [5, 5.41) is 9.09. The van der Waals surface area contributed by atoms with E-state index in [1.54, 1.807) is 11.0 Å². The first-order valence-electron chi connectivity index (χ1n) is 5.90. The topological polar surface area (TPSA) is 49.8 Å². The number of ketones is 1. The van der Waals surface area contributed by atoms with Crippen LogP contribution in [0.5, 0.6) is 0 Å². The van der Waals surface area contributed by atoms with E-state index >= 15 is 0 Å². The molecule has 18 heavy (non-hydrogen) atoms. The third-order valence-electron chi connectivity index (χ3n) is 3.02. The van der Waals surface area contributed by atoms with Crippen molar-refractivity contribution in [3.63, 3.8) is 0 Å². The summed E-state index contributed by atoms with van der Waals surface area (Å²) in [6.45, 7) is 2.62. The van der Waals surface area contributed by atoms with Crippen molar-refractivity contribution >= 4 is 11.5 Å². The van der Waals surface area contributed by atoms with Crippen molar-refractivity contribution < 1.29 is 19.0 Å². The number of para-hydroxylation sites is 1. The highest BCUT2D eigenvalue weighted by molar-refractivity contribution is 5.99. The summed E-state index contributed by atoms with van der Waals surface area (Å²) < 4.78 is 19.2. The van der Waals surface area contributed by atoms with Gasteiger partial charge in [-0.25, -0.2) is 4.39 Å². The molecule has 1 aromatic rings. The Balaban J connectivity index is 2.34. The minimum Gasteiger partial charge on any atom is -0.394 e. The Morgan fingerprint density at radius 1 is 1.61 bits per heavy atom. The van der Waals surface area contributed by atoms with Crippen molar-refractivity contribution in [1.82, 2.24) is 0 Å². The normalized spacial score (nSPS) is 19.9. The first kappa shape index (κ1) is 13.0. The van der Waals surface area contributed by atoms with Crippen LogP contribution < -0.4 is 4.90 Å². The lowest BCUT2D eigenvalue weighted by Crippen LogP contribution is -2.45. The van der Waals surface area contributed by atoms with Gasteiger partial charge in [-0.15, -0.1) is 0 Å². The zero-order valence-corrected chi connectivity index (χ0v) is 10.2. The Morgan fingerprint density at radius 2 is 2.39 bits per heavy atom. The first-order valence-corrected chi connectivity index (χ1v) is 5.90. The van der Waals surface area contributed by atoms with Crippen LogP contribution in [0.3, 0.4) is 0 Å². The first-order chi connectivity index (χ1) is 8.63. The zero-order valence-electron chi connectivity index (χ0n) is 10.2. The van der Waals surface area contributed by atoms with Crippen LogP contribution in [-0.2, 0) is 4.74 Å². The van der Waals surface area contributed by atoms with Crippen LogP contribution in [0, 0.1) is 5.82 Å². The molecule has 1 heterocycles. The average Bonchev–Trinajstić information content (AvgIpc) is 2.38. The predicted molar refractivity (Wildman–Crippen MR) is 65.4 cm³/mol. The maximum atomic E-state index is 13.9. The smallest absolute Gasteiger partial charge is 0.161 e. The second-order valence-corrected chi connectivity index (χ2v) is 4.31. The van der Waals surface area contributed by atoms with Crippen molar-refractivity contribution in [1.29, 1.82) is 0 Å². The Bertz CT molecular complexity index is 450. The van der Waals surface area contributed by atoms with Gasteiger partial charge in [-0.1, -0.05) is 6.07 Å². The maximum Gasteiger partial charge on any atom is 0.161 e. The second kappa shape index (κ2) is 5.46. The molecule has 5 heteroatoms. The van der Waals surface area contributed by atoms with Gasteiger partial charge >= 0.3 is 0 Å². The highest BCUT2D eigenvalue weighted by atomic mass is 19.1. The van der Waals surface area contributed by atoms with Crippen LogP contribution in [0.1, 0.15) is 17.3 Å². The minimum atomic E-state index is -0.415. The molecule has 1 unspecified atom stereocenters. The maximum absolute atomic E-state index is 13.9. The molecular weight excluding hydrogens is 237 g/mol. The van der Waals surface area contributed by atoms with E-state index in [0.717, 1.165) is 0 Å². The van der Waals surface area contributed by atoms with Crippen molar-refractivity contribution in [2.75, 3.05) is 31.2 Å². The number of morpholine rings is 1. The predicted octanol–water partition coefficient (Wildman–Crippen LogP) is 1.23. The van der Waals surface area contributed by atoms with Crippen LogP contribution in [0.2, 0.25) is 0 Å². The van der Waals surface area contributed by atoms with Gasteiger partial charge in [0, 0.05) is 18.7 Å². The summed E-state index contributed by atoms with van der Waals surface area (Å²) in [4.78, 5) is 13.3. The van der Waals surface area contributed by atoms with E-state index in [-0.39, 0.29) is 18.5 Å². The minimum absolute atomic E-state index is 0.111. The standard InChI is InChI=1S/C13H16FNO3/c1-9(17)11-3-2-4-12(14)13(11)15-5-6-18-10(7-15)8-16/h2-4,10,16H,5-8H2,1H3. The Labute approximate surface area is 105 Å². The molecule has 0 aromatic heterocycles. The largest absolute Gasteiger partial charge is 0.394 e. The lowest BCUT2D eigenvalue weighted by atomic mass is 10.1. The molecule has 0 bridgehead atoms. The molecular formula is C13H16FNO3. The highest BCUT2D eigenvalue weighted by Crippen LogP contribution is 2.26. The third-order valence-corrected chi connectivity index (χ3v) is 3.02. The number of hydrogen-bond acceptors (Lipinski definition) is 4. The summed E-state index contributed by atoms with van der Waals surface area (Å²) in [7, 11) is 0. The fourth-order valence-electron chi connectivity index (χ4n) is 2.15. The molecule has 1 atom stereocenters. The van der Waals surface area contributed by atoms with E-state index < -0.39 is 5.82 Å². The van der Waals surface area contributed by atoms with Gasteiger partial charge in [-0.3, -0.25) is 4.79 Å². The molecule has 1 aromatic carbocycles. The molecule has 2 rings (SSSR count). The number of anilines is 1. The van der Waals surface area contributed by atoms with E-state index in [1.807, 2.05) is 0 Å². The number of Topliss-reactive ketones (excluding diaryl/α,β-unsaturated/α-hetero) is 1. The molecule has 0 amide bonds. The van der Waals surface area contributed by atoms with Crippen LogP contribution >= 0.6 is 0 Å². The number of rotatable bonds is 3. The van der Waals surface area contributed by atoms with E-state index in [0.29, 0.717) is 30.9 Å². The molecule has 1 fully saturated rings. The SMILES string of the molecule is CC(=O)c1cccc(F)c1N1CCOC(CO)C1. The summed E-state index contributed by atoms with van der Waals surface area (Å²) in [5.41, 5.74) is 0.681. The van der Waals surface area contributed by atoms with Crippen LogP contribution in [0.15, 0.2) is 18.2 Å². The van der Waals surface area contributed by atoms with Gasteiger partial charge in [0.15, 0.2) is 5.78 Å². The van der Waals surface area contributed by atoms with Gasteiger partial charge in [0.1, 0.15) is 5.82 Å². The number of ether oxygens (including phenoxy) is 1. The van der Waals surface area contributed by atoms with Crippen LogP contribution in [0.25, 0.3) is 0 Å². The Morgan fingerprint density at radius 3 is 3.06 bits per heavy atom. The summed E-state index contributed by atoms with van der Waals surface area (Å²) in [6.07, 6.45) is -0.335. The van der Waals surface area contributed by atoms with Gasteiger partial charge in [-0.2, -0.15) is 0 Å². The van der Waals surface area contributed by atoms with E-state index in [4.69, 9.17) is 9.84 Å². The number of aliphatic hydroxyl groups excluding tert-OH is 1. The number of hydrogen-bond donors (Lipinski definition) is 1. The number of carbonyl (C=O) groups excluding carboxylic acids is 1. The monoisotopic (exact) mass is 253 g/mol. The summed E-state index contributed by atoms with van der Waals surface area (Å²) >= 11 is 0. The number of aliphatic hydroxyl groups is 1. The third kappa shape index (κ3) is 2.52.